The Kier molecular flexibility index (Phi) is 7.38. The van der Waals surface area contributed by atoms with Crippen LogP contribution in [0.15, 0.2) is 65.7 Å². The van der Waals surface area contributed by atoms with Crippen molar-refractivity contribution >= 4 is 55.9 Å². The lowest BCUT2D eigenvalue weighted by Crippen LogP contribution is -2.40. The topological polar surface area (TPSA) is 98.6 Å². The number of nitrogens with zero attached hydrogens (tertiary/aromatic N) is 3. The number of fused-ring (bicyclic) bond motifs is 1. The van der Waals surface area contributed by atoms with E-state index in [1.807, 2.05) is 0 Å². The monoisotopic (exact) mass is 611 g/mol. The number of amides is 1. The van der Waals surface area contributed by atoms with Crippen molar-refractivity contribution in [2.75, 3.05) is 26.3 Å². The van der Waals surface area contributed by atoms with Crippen LogP contribution in [0.3, 0.4) is 0 Å². The van der Waals surface area contributed by atoms with E-state index in [2.05, 4.69) is 4.98 Å². The summed E-state index contributed by atoms with van der Waals surface area (Å²) in [6, 6.07) is 11.1. The molecule has 208 valence electrons. The minimum Gasteiger partial charge on any atom is -0.378 e. The van der Waals surface area contributed by atoms with Gasteiger partial charge in [0.25, 0.3) is 15.9 Å². The van der Waals surface area contributed by atoms with E-state index in [-0.39, 0.29) is 44.7 Å². The van der Waals surface area contributed by atoms with E-state index >= 15 is 0 Å². The minimum atomic E-state index is -4.84. The summed E-state index contributed by atoms with van der Waals surface area (Å²) in [6.45, 7) is 1.20. The fourth-order valence-corrected chi connectivity index (χ4v) is 6.45. The standard InChI is InChI=1S/C26H18Cl2F3N3O5S/c27-18-7-6-17(25(36)33-8-10-39-11-9-33)23(28)22(18)24(35)21-13-19-20(12-15(14-32-19)26(29,30)31)34(21)40(37,38)16-4-2-1-3-5-16/h1-7,12-14H,8-11H2. The van der Waals surface area contributed by atoms with Crippen molar-refractivity contribution in [2.45, 2.75) is 11.1 Å². The van der Waals surface area contributed by atoms with Crippen LogP contribution in [0.25, 0.3) is 11.0 Å². The molecule has 5 rings (SSSR count). The van der Waals surface area contributed by atoms with Gasteiger partial charge in [0.05, 0.1) is 55.9 Å². The number of alkyl halides is 3. The molecule has 8 nitrogen and oxygen atoms in total. The first-order chi connectivity index (χ1) is 18.9. The molecule has 3 heterocycles. The Hall–Kier alpha value is -3.45. The molecular weight excluding hydrogens is 594 g/mol. The molecule has 1 aliphatic heterocycles. The van der Waals surface area contributed by atoms with Crippen molar-refractivity contribution in [1.82, 2.24) is 13.9 Å². The normalized spacial score (nSPS) is 14.5. The van der Waals surface area contributed by atoms with Gasteiger partial charge in [-0.2, -0.15) is 13.2 Å². The molecule has 40 heavy (non-hydrogen) atoms. The zero-order chi connectivity index (χ0) is 28.8. The molecule has 0 bridgehead atoms. The summed E-state index contributed by atoms with van der Waals surface area (Å²) < 4.78 is 73.8. The first-order valence-electron chi connectivity index (χ1n) is 11.7. The molecule has 0 spiro atoms. The quantitative estimate of drug-likeness (QED) is 0.284. The SMILES string of the molecule is O=C(c1c(Cl)ccc(C(=O)N2CCOCC2)c1Cl)c1cc2ncc(C(F)(F)F)cc2n1S(=O)(=O)c1ccccc1. The number of hydrogen-bond acceptors (Lipinski definition) is 6. The summed E-state index contributed by atoms with van der Waals surface area (Å²) in [4.78, 5) is 32.0. The van der Waals surface area contributed by atoms with Crippen molar-refractivity contribution in [1.29, 1.82) is 0 Å². The predicted octanol–water partition coefficient (Wildman–Crippen LogP) is 5.30. The van der Waals surface area contributed by atoms with Gasteiger partial charge >= 0.3 is 6.18 Å². The van der Waals surface area contributed by atoms with Gasteiger partial charge in [-0.1, -0.05) is 41.4 Å². The third-order valence-corrected chi connectivity index (χ3v) is 8.75. The molecule has 1 saturated heterocycles. The average molecular weight is 612 g/mol. The lowest BCUT2D eigenvalue weighted by molar-refractivity contribution is -0.137. The van der Waals surface area contributed by atoms with Crippen molar-refractivity contribution in [2.24, 2.45) is 0 Å². The molecular formula is C26H18Cl2F3N3O5S. The molecule has 0 unspecified atom stereocenters. The lowest BCUT2D eigenvalue weighted by Gasteiger charge is -2.27. The summed E-state index contributed by atoms with van der Waals surface area (Å²) in [7, 11) is -4.62. The predicted molar refractivity (Wildman–Crippen MR) is 140 cm³/mol. The van der Waals surface area contributed by atoms with Crippen molar-refractivity contribution in [3.63, 3.8) is 0 Å². The third kappa shape index (κ3) is 4.96. The number of halogens is 5. The summed E-state index contributed by atoms with van der Waals surface area (Å²) in [5, 5.41) is -0.516. The van der Waals surface area contributed by atoms with Crippen molar-refractivity contribution in [3.05, 3.63) is 93.2 Å². The zero-order valence-electron chi connectivity index (χ0n) is 20.3. The maximum atomic E-state index is 13.9. The van der Waals surface area contributed by atoms with E-state index in [9.17, 15) is 31.2 Å². The molecule has 0 radical (unpaired) electrons. The van der Waals surface area contributed by atoms with Crippen LogP contribution in [0.1, 0.15) is 32.0 Å². The average Bonchev–Trinajstić information content (AvgIpc) is 3.33. The van der Waals surface area contributed by atoms with Crippen molar-refractivity contribution < 1.29 is 35.9 Å². The second-order valence-corrected chi connectivity index (χ2v) is 11.3. The van der Waals surface area contributed by atoms with E-state index in [0.717, 1.165) is 6.07 Å². The van der Waals surface area contributed by atoms with Gasteiger partial charge in [0, 0.05) is 19.3 Å². The smallest absolute Gasteiger partial charge is 0.378 e. The van der Waals surface area contributed by atoms with E-state index in [0.29, 0.717) is 29.4 Å². The van der Waals surface area contributed by atoms with Crippen LogP contribution < -0.4 is 0 Å². The summed E-state index contributed by atoms with van der Waals surface area (Å²) in [5.74, 6) is -1.52. The number of carbonyl (C=O) groups excluding carboxylic acids is 2. The van der Waals surface area contributed by atoms with Gasteiger partial charge in [-0.15, -0.1) is 0 Å². The molecule has 0 atom stereocenters. The van der Waals surface area contributed by atoms with E-state index in [1.165, 1.54) is 41.3 Å². The molecule has 0 aliphatic carbocycles. The maximum absolute atomic E-state index is 13.9. The Labute approximate surface area is 235 Å². The van der Waals surface area contributed by atoms with Crippen LogP contribution in [0.5, 0.6) is 0 Å². The lowest BCUT2D eigenvalue weighted by atomic mass is 10.0. The van der Waals surface area contributed by atoms with E-state index < -0.39 is 44.7 Å². The number of pyridine rings is 1. The second kappa shape index (κ2) is 10.5. The third-order valence-electron chi connectivity index (χ3n) is 6.30. The number of carbonyl (C=O) groups is 2. The minimum absolute atomic E-state index is 0.0534. The van der Waals surface area contributed by atoms with Crippen LogP contribution in [0, 0.1) is 0 Å². The number of ether oxygens (including phenoxy) is 1. The number of benzene rings is 2. The fraction of sp³-hybridized carbons (Fsp3) is 0.192. The highest BCUT2D eigenvalue weighted by atomic mass is 35.5. The molecule has 1 fully saturated rings. The summed E-state index contributed by atoms with van der Waals surface area (Å²) in [6.07, 6.45) is -4.30. The molecule has 0 saturated carbocycles. The number of hydrogen-bond donors (Lipinski definition) is 0. The number of rotatable bonds is 5. The van der Waals surface area contributed by atoms with Gasteiger partial charge in [-0.05, 0) is 36.4 Å². The Balaban J connectivity index is 1.73. The van der Waals surface area contributed by atoms with Crippen LogP contribution in [-0.4, -0.2) is 60.3 Å². The fourth-order valence-electron chi connectivity index (χ4n) is 4.32. The van der Waals surface area contributed by atoms with E-state index in [1.54, 1.807) is 6.07 Å². The van der Waals surface area contributed by atoms with Crippen LogP contribution in [0.4, 0.5) is 13.2 Å². The number of ketones is 1. The number of morpholine rings is 1. The highest BCUT2D eigenvalue weighted by Crippen LogP contribution is 2.36. The molecule has 1 aliphatic rings. The Morgan fingerprint density at radius 2 is 1.65 bits per heavy atom. The van der Waals surface area contributed by atoms with Crippen molar-refractivity contribution in [3.8, 4) is 0 Å². The van der Waals surface area contributed by atoms with Gasteiger partial charge in [0.15, 0.2) is 0 Å². The van der Waals surface area contributed by atoms with Gasteiger partial charge in [-0.3, -0.25) is 14.6 Å². The summed E-state index contributed by atoms with van der Waals surface area (Å²) >= 11 is 12.9. The van der Waals surface area contributed by atoms with E-state index in [4.69, 9.17) is 27.9 Å². The van der Waals surface area contributed by atoms with Gasteiger partial charge in [0.1, 0.15) is 5.69 Å². The molecule has 2 aromatic carbocycles. The Morgan fingerprint density at radius 1 is 0.975 bits per heavy atom. The number of aromatic nitrogens is 2. The Bertz CT molecular complexity index is 1750. The van der Waals surface area contributed by atoms with Crippen LogP contribution in [-0.2, 0) is 20.9 Å². The first kappa shape index (κ1) is 28.1. The maximum Gasteiger partial charge on any atom is 0.417 e. The molecule has 1 amide bonds. The highest BCUT2D eigenvalue weighted by Gasteiger charge is 2.35. The molecule has 14 heteroatoms. The summed E-state index contributed by atoms with van der Waals surface area (Å²) in [5.41, 5.74) is -2.88. The highest BCUT2D eigenvalue weighted by molar-refractivity contribution is 7.90. The molecule has 2 aromatic heterocycles. The van der Waals surface area contributed by atoms with Gasteiger partial charge in [-0.25, -0.2) is 12.4 Å². The largest absolute Gasteiger partial charge is 0.417 e. The van der Waals surface area contributed by atoms with Gasteiger partial charge < -0.3 is 9.64 Å². The van der Waals surface area contributed by atoms with Gasteiger partial charge in [0.2, 0.25) is 5.78 Å². The first-order valence-corrected chi connectivity index (χ1v) is 13.9. The molecule has 4 aromatic rings. The zero-order valence-corrected chi connectivity index (χ0v) is 22.6. The Morgan fingerprint density at radius 3 is 2.30 bits per heavy atom. The van der Waals surface area contributed by atoms with Crippen LogP contribution in [0.2, 0.25) is 10.0 Å². The van der Waals surface area contributed by atoms with Crippen LogP contribution >= 0.6 is 23.2 Å². The second-order valence-electron chi connectivity index (χ2n) is 8.76. The molecule has 0 N–H and O–H groups in total.